The zero-order valence-corrected chi connectivity index (χ0v) is 9.21. The Morgan fingerprint density at radius 3 is 2.76 bits per heavy atom. The fourth-order valence-corrected chi connectivity index (χ4v) is 1.44. The molecule has 2 rings (SSSR count). The van der Waals surface area contributed by atoms with E-state index < -0.39 is 5.56 Å². The van der Waals surface area contributed by atoms with Crippen molar-refractivity contribution in [2.45, 2.75) is 0 Å². The summed E-state index contributed by atoms with van der Waals surface area (Å²) in [5.74, 6) is -0.273. The van der Waals surface area contributed by atoms with Crippen molar-refractivity contribution in [2.75, 3.05) is 0 Å². The van der Waals surface area contributed by atoms with Gasteiger partial charge in [0.2, 0.25) is 0 Å². The van der Waals surface area contributed by atoms with Crippen molar-refractivity contribution in [2.24, 2.45) is 12.8 Å². The van der Waals surface area contributed by atoms with Crippen molar-refractivity contribution in [3.8, 4) is 11.4 Å². The van der Waals surface area contributed by atoms with Gasteiger partial charge in [-0.1, -0.05) is 6.07 Å². The van der Waals surface area contributed by atoms with Crippen LogP contribution in [0.1, 0.15) is 5.56 Å². The molecule has 0 aliphatic carbocycles. The van der Waals surface area contributed by atoms with E-state index in [0.29, 0.717) is 11.4 Å². The maximum absolute atomic E-state index is 11.7. The van der Waals surface area contributed by atoms with Crippen molar-refractivity contribution in [3.05, 3.63) is 46.4 Å². The van der Waals surface area contributed by atoms with Crippen LogP contribution in [0.15, 0.2) is 35.3 Å². The summed E-state index contributed by atoms with van der Waals surface area (Å²) in [6.07, 6.45) is 1.63. The number of aryl methyl sites for hydroxylation is 1. The van der Waals surface area contributed by atoms with Gasteiger partial charge in [0.1, 0.15) is 11.5 Å². The molecule has 6 heteroatoms. The molecule has 3 N–H and O–H groups in total. The molecule has 0 saturated carbocycles. The van der Waals surface area contributed by atoms with Crippen molar-refractivity contribution < 1.29 is 0 Å². The minimum absolute atomic E-state index is 0.128. The van der Waals surface area contributed by atoms with Crippen LogP contribution in [0.4, 0.5) is 0 Å². The third-order valence-corrected chi connectivity index (χ3v) is 2.28. The van der Waals surface area contributed by atoms with E-state index in [2.05, 4.69) is 10.1 Å². The normalized spacial score (nSPS) is 10.2. The lowest BCUT2D eigenvalue weighted by Crippen LogP contribution is -2.29. The Morgan fingerprint density at radius 2 is 2.18 bits per heavy atom. The predicted octanol–water partition coefficient (Wildman–Crippen LogP) is 0.126. The molecule has 0 aromatic carbocycles. The zero-order chi connectivity index (χ0) is 12.4. The van der Waals surface area contributed by atoms with Crippen LogP contribution in [0.25, 0.3) is 11.4 Å². The summed E-state index contributed by atoms with van der Waals surface area (Å²) >= 11 is 0. The quantitative estimate of drug-likeness (QED) is 0.564. The van der Waals surface area contributed by atoms with Gasteiger partial charge in [-0.15, -0.1) is 0 Å². The van der Waals surface area contributed by atoms with Crippen LogP contribution in [-0.2, 0) is 7.05 Å². The third-order valence-electron chi connectivity index (χ3n) is 2.28. The molecule has 0 amide bonds. The van der Waals surface area contributed by atoms with Crippen molar-refractivity contribution in [1.82, 2.24) is 14.8 Å². The van der Waals surface area contributed by atoms with Crippen LogP contribution in [0, 0.1) is 5.41 Å². The maximum atomic E-state index is 11.7. The van der Waals surface area contributed by atoms with Gasteiger partial charge < -0.3 is 5.73 Å². The molecule has 6 nitrogen and oxygen atoms in total. The molecule has 0 aliphatic rings. The first-order valence-electron chi connectivity index (χ1n) is 4.94. The molecule has 0 atom stereocenters. The van der Waals surface area contributed by atoms with E-state index in [1.807, 2.05) is 6.07 Å². The molecule has 0 spiro atoms. The number of rotatable bonds is 2. The number of aromatic nitrogens is 3. The number of nitrogen functional groups attached to an aromatic ring is 1. The van der Waals surface area contributed by atoms with Crippen molar-refractivity contribution in [3.63, 3.8) is 0 Å². The van der Waals surface area contributed by atoms with Gasteiger partial charge in [-0.2, -0.15) is 5.10 Å². The highest BCUT2D eigenvalue weighted by Gasteiger charge is 2.10. The van der Waals surface area contributed by atoms with Crippen LogP contribution in [0.5, 0.6) is 0 Å². The monoisotopic (exact) mass is 229 g/mol. The van der Waals surface area contributed by atoms with Gasteiger partial charge in [-0.25, -0.2) is 4.68 Å². The summed E-state index contributed by atoms with van der Waals surface area (Å²) < 4.78 is 1.15. The Labute approximate surface area is 97.2 Å². The van der Waals surface area contributed by atoms with Crippen molar-refractivity contribution >= 4 is 5.84 Å². The average molecular weight is 229 g/mol. The predicted molar refractivity (Wildman–Crippen MR) is 63.7 cm³/mol. The first-order valence-corrected chi connectivity index (χ1v) is 4.94. The van der Waals surface area contributed by atoms with Gasteiger partial charge in [-0.05, 0) is 18.2 Å². The van der Waals surface area contributed by atoms with Gasteiger partial charge in [0, 0.05) is 13.2 Å². The van der Waals surface area contributed by atoms with Crippen LogP contribution >= 0.6 is 0 Å². The second-order valence-corrected chi connectivity index (χ2v) is 3.50. The Morgan fingerprint density at radius 1 is 1.41 bits per heavy atom. The van der Waals surface area contributed by atoms with E-state index >= 15 is 0 Å². The first kappa shape index (κ1) is 11.0. The number of nitrogens with one attached hydrogen (secondary N) is 1. The number of hydrogen-bond donors (Lipinski definition) is 2. The molecule has 0 saturated heterocycles. The molecule has 0 fully saturated rings. The molecule has 0 bridgehead atoms. The van der Waals surface area contributed by atoms with E-state index in [1.54, 1.807) is 18.3 Å². The van der Waals surface area contributed by atoms with E-state index in [9.17, 15) is 4.79 Å². The number of nitrogens with zero attached hydrogens (tertiary/aromatic N) is 3. The van der Waals surface area contributed by atoms with Crippen LogP contribution in [0.3, 0.4) is 0 Å². The van der Waals surface area contributed by atoms with Crippen LogP contribution in [0.2, 0.25) is 0 Å². The average Bonchev–Trinajstić information content (AvgIpc) is 2.33. The molecule has 17 heavy (non-hydrogen) atoms. The standard InChI is InChI=1S/C11H11N5O/c1-16-11(17)7(10(12)13)6-9(15-16)8-4-2-3-5-14-8/h2-6H,1H3,(H3,12,13). The minimum atomic E-state index is -0.391. The lowest BCUT2D eigenvalue weighted by Gasteiger charge is -2.05. The lowest BCUT2D eigenvalue weighted by atomic mass is 10.2. The third kappa shape index (κ3) is 2.05. The highest BCUT2D eigenvalue weighted by Crippen LogP contribution is 2.12. The van der Waals surface area contributed by atoms with E-state index in [4.69, 9.17) is 11.1 Å². The molecule has 0 unspecified atom stereocenters. The number of amidine groups is 1. The number of pyridine rings is 1. The Hall–Kier alpha value is -2.50. The molecule has 86 valence electrons. The summed E-state index contributed by atoms with van der Waals surface area (Å²) in [5.41, 5.74) is 6.23. The SMILES string of the molecule is Cn1nc(-c2ccccn2)cc(C(=N)N)c1=O. The summed E-state index contributed by atoms with van der Waals surface area (Å²) in [7, 11) is 1.52. The van der Waals surface area contributed by atoms with E-state index in [0.717, 1.165) is 4.68 Å². The second-order valence-electron chi connectivity index (χ2n) is 3.50. The summed E-state index contributed by atoms with van der Waals surface area (Å²) in [6, 6.07) is 6.86. The Balaban J connectivity index is 2.66. The molecule has 0 radical (unpaired) electrons. The van der Waals surface area contributed by atoms with Crippen LogP contribution in [-0.4, -0.2) is 20.6 Å². The van der Waals surface area contributed by atoms with Crippen molar-refractivity contribution in [1.29, 1.82) is 5.41 Å². The lowest BCUT2D eigenvalue weighted by molar-refractivity contribution is 0.708. The topological polar surface area (TPSA) is 97.7 Å². The van der Waals surface area contributed by atoms with E-state index in [-0.39, 0.29) is 11.4 Å². The molecular formula is C11H11N5O. The smallest absolute Gasteiger partial charge is 0.277 e. The van der Waals surface area contributed by atoms with Crippen LogP contribution < -0.4 is 11.3 Å². The first-order chi connectivity index (χ1) is 8.09. The largest absolute Gasteiger partial charge is 0.384 e. The second kappa shape index (κ2) is 4.17. The molecule has 0 aliphatic heterocycles. The number of nitrogens with two attached hydrogens (primary N) is 1. The van der Waals surface area contributed by atoms with Gasteiger partial charge in [0.15, 0.2) is 0 Å². The summed E-state index contributed by atoms with van der Waals surface area (Å²) in [5, 5.41) is 11.4. The van der Waals surface area contributed by atoms with Gasteiger partial charge in [0.25, 0.3) is 5.56 Å². The minimum Gasteiger partial charge on any atom is -0.384 e. The van der Waals surface area contributed by atoms with Gasteiger partial charge in [0.05, 0.1) is 11.3 Å². The zero-order valence-electron chi connectivity index (χ0n) is 9.21. The highest BCUT2D eigenvalue weighted by molar-refractivity contribution is 5.95. The number of hydrogen-bond acceptors (Lipinski definition) is 4. The highest BCUT2D eigenvalue weighted by atomic mass is 16.1. The molecular weight excluding hydrogens is 218 g/mol. The fraction of sp³-hybridized carbons (Fsp3) is 0.0909. The molecule has 2 heterocycles. The molecule has 2 aromatic rings. The van der Waals surface area contributed by atoms with Gasteiger partial charge >= 0.3 is 0 Å². The fourth-order valence-electron chi connectivity index (χ4n) is 1.44. The summed E-state index contributed by atoms with van der Waals surface area (Å²) in [4.78, 5) is 15.8. The maximum Gasteiger partial charge on any atom is 0.277 e. The molecule has 2 aromatic heterocycles. The summed E-state index contributed by atoms with van der Waals surface area (Å²) in [6.45, 7) is 0. The van der Waals surface area contributed by atoms with E-state index in [1.165, 1.54) is 13.1 Å². The Bertz CT molecular complexity index is 618. The Kier molecular flexibility index (Phi) is 2.70. The van der Waals surface area contributed by atoms with Gasteiger partial charge in [-0.3, -0.25) is 15.2 Å².